The van der Waals surface area contributed by atoms with Gasteiger partial charge in [-0.1, -0.05) is 0 Å². The predicted octanol–water partition coefficient (Wildman–Crippen LogP) is 2.93. The smallest absolute Gasteiger partial charge is 0.162 e. The molecule has 2 aromatic heterocycles. The van der Waals surface area contributed by atoms with Crippen molar-refractivity contribution in [1.82, 2.24) is 20.5 Å². The number of nitrogen functional groups attached to an aromatic ring is 1. The lowest BCUT2D eigenvalue weighted by Crippen LogP contribution is -2.67. The van der Waals surface area contributed by atoms with E-state index in [0.717, 1.165) is 41.3 Å². The minimum atomic E-state index is 0.290. The van der Waals surface area contributed by atoms with Crippen molar-refractivity contribution in [3.63, 3.8) is 0 Å². The molecule has 3 aliphatic rings. The summed E-state index contributed by atoms with van der Waals surface area (Å²) < 4.78 is 11.6. The number of pyridine rings is 1. The Morgan fingerprint density at radius 3 is 2.51 bits per heavy atom. The summed E-state index contributed by atoms with van der Waals surface area (Å²) in [6.45, 7) is 8.18. The Hall–Kier alpha value is -3.72. The first-order valence-electron chi connectivity index (χ1n) is 11.8. The number of rotatable bonds is 7. The van der Waals surface area contributed by atoms with Crippen LogP contribution < -0.4 is 25.4 Å². The minimum absolute atomic E-state index is 0.290. The first-order valence-corrected chi connectivity index (χ1v) is 11.8. The first-order chi connectivity index (χ1) is 16.8. The third-order valence-corrected chi connectivity index (χ3v) is 6.91. The molecule has 4 N–H and O–H groups in total. The number of aryl methyl sites for hydroxylation is 3. The number of aromatic nitrogens is 3. The second kappa shape index (κ2) is 9.14. The van der Waals surface area contributed by atoms with Crippen molar-refractivity contribution in [3.8, 4) is 11.5 Å². The number of methoxy groups -OCH3 is 1. The van der Waals surface area contributed by atoms with Gasteiger partial charge in [0.1, 0.15) is 12.4 Å². The molecule has 2 unspecified atom stereocenters. The van der Waals surface area contributed by atoms with E-state index in [1.54, 1.807) is 31.6 Å². The maximum Gasteiger partial charge on any atom is 0.162 e. The number of piperazine rings is 1. The van der Waals surface area contributed by atoms with Gasteiger partial charge in [0.15, 0.2) is 11.5 Å². The van der Waals surface area contributed by atoms with Crippen LogP contribution in [0, 0.1) is 26.2 Å². The molecule has 9 heteroatoms. The highest BCUT2D eigenvalue weighted by Gasteiger charge is 2.37. The van der Waals surface area contributed by atoms with Gasteiger partial charge in [0.25, 0.3) is 0 Å². The first kappa shape index (κ1) is 23.0. The van der Waals surface area contributed by atoms with E-state index in [9.17, 15) is 0 Å². The van der Waals surface area contributed by atoms with Crippen LogP contribution in [-0.2, 0) is 6.61 Å². The normalized spacial score (nSPS) is 18.7. The van der Waals surface area contributed by atoms with Crippen LogP contribution in [0.3, 0.4) is 0 Å². The van der Waals surface area contributed by atoms with Crippen LogP contribution in [0.2, 0.25) is 0 Å². The zero-order valence-electron chi connectivity index (χ0n) is 20.6. The summed E-state index contributed by atoms with van der Waals surface area (Å²) in [5.74, 6) is 2.01. The third-order valence-electron chi connectivity index (χ3n) is 6.91. The summed E-state index contributed by atoms with van der Waals surface area (Å²) in [5.41, 5.74) is 12.2. The predicted molar refractivity (Wildman–Crippen MR) is 136 cm³/mol. The Balaban J connectivity index is 1.40. The van der Waals surface area contributed by atoms with E-state index < -0.39 is 0 Å². The molecule has 3 aromatic rings. The molecular formula is C26H31N7O2. The molecule has 0 spiro atoms. The molecule has 6 rings (SSSR count). The summed E-state index contributed by atoms with van der Waals surface area (Å²) in [4.78, 5) is 7.07. The van der Waals surface area contributed by atoms with Gasteiger partial charge in [0.05, 0.1) is 24.7 Å². The molecule has 3 aliphatic heterocycles. The van der Waals surface area contributed by atoms with E-state index in [1.807, 2.05) is 26.8 Å². The number of nitrogens with two attached hydrogens (primary N) is 1. The van der Waals surface area contributed by atoms with E-state index in [0.29, 0.717) is 52.7 Å². The van der Waals surface area contributed by atoms with Gasteiger partial charge in [-0.15, -0.1) is 0 Å². The summed E-state index contributed by atoms with van der Waals surface area (Å²) >= 11 is 0. The van der Waals surface area contributed by atoms with Gasteiger partial charge < -0.3 is 25.4 Å². The van der Waals surface area contributed by atoms with E-state index in [1.165, 1.54) is 6.42 Å². The number of ether oxygens (including phenoxy) is 2. The highest BCUT2D eigenvalue weighted by molar-refractivity contribution is 6.14. The fourth-order valence-electron chi connectivity index (χ4n) is 4.94. The molecule has 0 radical (unpaired) electrons. The van der Waals surface area contributed by atoms with E-state index >= 15 is 0 Å². The van der Waals surface area contributed by atoms with Crippen molar-refractivity contribution in [2.45, 2.75) is 45.9 Å². The average molecular weight is 474 g/mol. The SMILES string of the molecule is COc1cc(N)c(C(=N)c2cnc(N3CC4CC(C3)N4)c(C)c2)cc1OCc1c(C)cnnc1C. The van der Waals surface area contributed by atoms with Crippen molar-refractivity contribution in [2.24, 2.45) is 0 Å². The second-order valence-corrected chi connectivity index (χ2v) is 9.41. The van der Waals surface area contributed by atoms with Crippen molar-refractivity contribution in [3.05, 3.63) is 64.1 Å². The van der Waals surface area contributed by atoms with E-state index in [2.05, 4.69) is 20.4 Å². The molecule has 35 heavy (non-hydrogen) atoms. The van der Waals surface area contributed by atoms with Gasteiger partial charge in [-0.3, -0.25) is 5.41 Å². The number of piperidine rings is 1. The van der Waals surface area contributed by atoms with Crippen LogP contribution in [0.4, 0.5) is 11.5 Å². The molecule has 9 nitrogen and oxygen atoms in total. The lowest BCUT2D eigenvalue weighted by Gasteiger charge is -2.49. The number of hydrogen-bond acceptors (Lipinski definition) is 9. The maximum absolute atomic E-state index is 8.89. The van der Waals surface area contributed by atoms with Gasteiger partial charge in [-0.05, 0) is 50.5 Å². The van der Waals surface area contributed by atoms with Crippen LogP contribution in [0.5, 0.6) is 11.5 Å². The number of nitrogens with one attached hydrogen (secondary N) is 2. The quantitative estimate of drug-likeness (QED) is 0.354. The van der Waals surface area contributed by atoms with Crippen LogP contribution in [-0.4, -0.2) is 53.2 Å². The Morgan fingerprint density at radius 1 is 1.11 bits per heavy atom. The lowest BCUT2D eigenvalue weighted by atomic mass is 9.91. The fourth-order valence-corrected chi connectivity index (χ4v) is 4.94. The number of anilines is 2. The molecule has 3 fully saturated rings. The number of fused-ring (bicyclic) bond motifs is 2. The van der Waals surface area contributed by atoms with Gasteiger partial charge >= 0.3 is 0 Å². The molecule has 0 saturated carbocycles. The van der Waals surface area contributed by atoms with Crippen molar-refractivity contribution >= 4 is 17.2 Å². The summed E-state index contributed by atoms with van der Waals surface area (Å²) in [7, 11) is 1.57. The fraction of sp³-hybridized carbons (Fsp3) is 0.385. The highest BCUT2D eigenvalue weighted by Crippen LogP contribution is 2.35. The average Bonchev–Trinajstić information content (AvgIpc) is 2.83. The standard InChI is InChI=1S/C26H31N7O2/c1-14-5-17(10-29-26(14)33-11-18-6-19(12-33)31-18)25(28)20-7-24(23(34-4)8-22(20)27)35-13-21-15(2)9-30-32-16(21)3/h5,7-10,18-19,28,31H,6,11-13,27H2,1-4H3. The van der Waals surface area contributed by atoms with E-state index in [4.69, 9.17) is 25.6 Å². The zero-order chi connectivity index (χ0) is 24.7. The lowest BCUT2D eigenvalue weighted by molar-refractivity contribution is 0.225. The molecule has 2 atom stereocenters. The molecule has 0 amide bonds. The third kappa shape index (κ3) is 4.39. The molecule has 0 aliphatic carbocycles. The Bertz CT molecular complexity index is 1260. The molecular weight excluding hydrogens is 442 g/mol. The van der Waals surface area contributed by atoms with Crippen LogP contribution in [0.15, 0.2) is 30.6 Å². The topological polar surface area (TPSA) is 122 Å². The van der Waals surface area contributed by atoms with Gasteiger partial charge in [0, 0.05) is 59.8 Å². The molecule has 1 aromatic carbocycles. The zero-order valence-corrected chi connectivity index (χ0v) is 20.6. The molecule has 3 saturated heterocycles. The maximum atomic E-state index is 8.89. The van der Waals surface area contributed by atoms with Crippen LogP contribution in [0.25, 0.3) is 0 Å². The Labute approximate surface area is 205 Å². The van der Waals surface area contributed by atoms with Crippen molar-refractivity contribution in [2.75, 3.05) is 30.8 Å². The van der Waals surface area contributed by atoms with Crippen molar-refractivity contribution in [1.29, 1.82) is 5.41 Å². The monoisotopic (exact) mass is 473 g/mol. The second-order valence-electron chi connectivity index (χ2n) is 9.41. The summed E-state index contributed by atoms with van der Waals surface area (Å²) in [6.07, 6.45) is 4.73. The van der Waals surface area contributed by atoms with Gasteiger partial charge in [0.2, 0.25) is 0 Å². The molecule has 5 heterocycles. The number of benzene rings is 1. The number of nitrogens with zero attached hydrogens (tertiary/aromatic N) is 4. The highest BCUT2D eigenvalue weighted by atomic mass is 16.5. The number of hydrogen-bond donors (Lipinski definition) is 3. The minimum Gasteiger partial charge on any atom is -0.493 e. The Morgan fingerprint density at radius 2 is 1.86 bits per heavy atom. The van der Waals surface area contributed by atoms with Gasteiger partial charge in [-0.25, -0.2) is 4.98 Å². The molecule has 182 valence electrons. The molecule has 2 bridgehead atoms. The summed E-state index contributed by atoms with van der Waals surface area (Å²) in [5, 5.41) is 20.5. The van der Waals surface area contributed by atoms with Gasteiger partial charge in [-0.2, -0.15) is 10.2 Å². The van der Waals surface area contributed by atoms with Crippen LogP contribution >= 0.6 is 0 Å². The van der Waals surface area contributed by atoms with E-state index in [-0.39, 0.29) is 0 Å². The van der Waals surface area contributed by atoms with Crippen LogP contribution in [0.1, 0.15) is 39.9 Å². The summed E-state index contributed by atoms with van der Waals surface area (Å²) in [6, 6.07) is 6.59. The Kier molecular flexibility index (Phi) is 6.02. The van der Waals surface area contributed by atoms with Crippen molar-refractivity contribution < 1.29 is 9.47 Å². The largest absolute Gasteiger partial charge is 0.493 e.